The molecule has 1 aliphatic rings. The minimum Gasteiger partial charge on any atom is -0.487 e. The first kappa shape index (κ1) is 16.4. The summed E-state index contributed by atoms with van der Waals surface area (Å²) in [5, 5.41) is 2.13. The van der Waals surface area contributed by atoms with Crippen LogP contribution >= 0.6 is 0 Å². The van der Waals surface area contributed by atoms with Gasteiger partial charge < -0.3 is 19.5 Å². The number of rotatable bonds is 6. The van der Waals surface area contributed by atoms with E-state index in [1.54, 1.807) is 0 Å². The van der Waals surface area contributed by atoms with Crippen LogP contribution in [0.5, 0.6) is 11.6 Å². The molecule has 144 valence electrons. The smallest absolute Gasteiger partial charge is 0.257 e. The highest BCUT2D eigenvalue weighted by Crippen LogP contribution is 2.27. The zero-order valence-corrected chi connectivity index (χ0v) is 14.6. The van der Waals surface area contributed by atoms with E-state index in [9.17, 15) is 13.6 Å². The highest BCUT2D eigenvalue weighted by molar-refractivity contribution is 5.96. The molecular formula is C19H20F2N2O4. The highest BCUT2D eigenvalue weighted by Gasteiger charge is 2.21. The minimum absolute atomic E-state index is 0.00935. The van der Waals surface area contributed by atoms with Gasteiger partial charge in [0.05, 0.1) is 23.1 Å². The van der Waals surface area contributed by atoms with Crippen LogP contribution in [0, 0.1) is 11.6 Å². The lowest BCUT2D eigenvalue weighted by Gasteiger charge is -2.25. The Balaban J connectivity index is 1.91. The number of carbonyl (C=O) groups excluding carboxylic acids is 1. The highest BCUT2D eigenvalue weighted by atomic mass is 19.1. The van der Waals surface area contributed by atoms with E-state index in [2.05, 4.69) is 10.3 Å². The summed E-state index contributed by atoms with van der Waals surface area (Å²) in [6.45, 7) is -1.79. The number of hydrogen-bond acceptors (Lipinski definition) is 5. The molecule has 2 aromatic rings. The first-order valence-electron chi connectivity index (χ1n) is 9.37. The van der Waals surface area contributed by atoms with E-state index < -0.39 is 41.5 Å². The molecule has 0 aliphatic carbocycles. The Morgan fingerprint density at radius 2 is 2.19 bits per heavy atom. The molecule has 0 unspecified atom stereocenters. The molecule has 1 amide bonds. The molecule has 0 saturated carbocycles. The quantitative estimate of drug-likeness (QED) is 0.835. The van der Waals surface area contributed by atoms with Gasteiger partial charge in [-0.25, -0.2) is 13.8 Å². The van der Waals surface area contributed by atoms with Crippen LogP contribution in [0.2, 0.25) is 0 Å². The maximum absolute atomic E-state index is 14.5. The molecule has 0 atom stereocenters. The van der Waals surface area contributed by atoms with Gasteiger partial charge in [0, 0.05) is 37.2 Å². The number of halogens is 2. The number of methoxy groups -OCH3 is 1. The van der Waals surface area contributed by atoms with E-state index in [4.69, 9.17) is 17.0 Å². The molecule has 1 aromatic carbocycles. The molecule has 0 radical (unpaired) electrons. The van der Waals surface area contributed by atoms with E-state index in [1.807, 2.05) is 0 Å². The Hall–Kier alpha value is -2.74. The topological polar surface area (TPSA) is 69.7 Å². The predicted octanol–water partition coefficient (Wildman–Crippen LogP) is 2.86. The van der Waals surface area contributed by atoms with Crippen LogP contribution in [0.3, 0.4) is 0 Å². The van der Waals surface area contributed by atoms with Crippen LogP contribution in [0.1, 0.15) is 31.5 Å². The molecule has 8 heteroatoms. The maximum Gasteiger partial charge on any atom is 0.257 e. The number of pyridine rings is 1. The number of benzene rings is 1. The molecule has 0 bridgehead atoms. The molecule has 1 saturated heterocycles. The van der Waals surface area contributed by atoms with Crippen LogP contribution in [-0.4, -0.2) is 37.3 Å². The number of nitrogens with one attached hydrogen (secondary N) is 1. The first-order valence-corrected chi connectivity index (χ1v) is 8.37. The number of nitrogens with zero attached hydrogens (tertiary/aromatic N) is 1. The summed E-state index contributed by atoms with van der Waals surface area (Å²) in [5.74, 6) is -3.36. The van der Waals surface area contributed by atoms with Gasteiger partial charge in [-0.1, -0.05) is 0 Å². The molecule has 1 aliphatic heterocycles. The summed E-state index contributed by atoms with van der Waals surface area (Å²) in [4.78, 5) is 16.5. The van der Waals surface area contributed by atoms with Crippen molar-refractivity contribution in [1.82, 2.24) is 10.3 Å². The van der Waals surface area contributed by atoms with Crippen LogP contribution in [0.25, 0.3) is 0 Å². The second kappa shape index (κ2) is 8.77. The van der Waals surface area contributed by atoms with Gasteiger partial charge in [-0.05, 0) is 18.2 Å². The van der Waals surface area contributed by atoms with E-state index in [0.29, 0.717) is 32.1 Å². The van der Waals surface area contributed by atoms with Gasteiger partial charge in [0.1, 0.15) is 17.5 Å². The second-order valence-corrected chi connectivity index (χ2v) is 5.83. The van der Waals surface area contributed by atoms with E-state index in [1.165, 1.54) is 25.4 Å². The van der Waals surface area contributed by atoms with E-state index >= 15 is 0 Å². The fourth-order valence-corrected chi connectivity index (χ4v) is 2.65. The van der Waals surface area contributed by atoms with E-state index in [-0.39, 0.29) is 11.4 Å². The van der Waals surface area contributed by atoms with Crippen molar-refractivity contribution in [3.8, 4) is 11.6 Å². The fraction of sp³-hybridized carbons (Fsp3) is 0.368. The second-order valence-electron chi connectivity index (χ2n) is 5.83. The first-order chi connectivity index (χ1) is 13.8. The van der Waals surface area contributed by atoms with Crippen molar-refractivity contribution in [3.63, 3.8) is 0 Å². The number of carbonyl (C=O) groups is 1. The van der Waals surface area contributed by atoms with Crippen molar-refractivity contribution >= 4 is 5.91 Å². The lowest BCUT2D eigenvalue weighted by atomic mass is 10.1. The summed E-state index contributed by atoms with van der Waals surface area (Å²) in [6, 6.07) is 4.29. The number of aromatic nitrogens is 1. The van der Waals surface area contributed by atoms with Crippen molar-refractivity contribution in [2.45, 2.75) is 25.4 Å². The summed E-state index contributed by atoms with van der Waals surface area (Å²) in [6.07, 6.45) is 1.97. The summed E-state index contributed by atoms with van der Waals surface area (Å²) >= 11 is 0. The summed E-state index contributed by atoms with van der Waals surface area (Å²) in [5.41, 5.74) is -0.486. The van der Waals surface area contributed by atoms with Crippen molar-refractivity contribution in [2.75, 3.05) is 20.3 Å². The normalized spacial score (nSPS) is 16.3. The zero-order valence-electron chi connectivity index (χ0n) is 16.6. The summed E-state index contributed by atoms with van der Waals surface area (Å²) < 4.78 is 60.7. The predicted molar refractivity (Wildman–Crippen MR) is 92.8 cm³/mol. The molecule has 3 rings (SSSR count). The van der Waals surface area contributed by atoms with Gasteiger partial charge >= 0.3 is 0 Å². The van der Waals surface area contributed by atoms with Gasteiger partial charge in [0.15, 0.2) is 11.6 Å². The monoisotopic (exact) mass is 380 g/mol. The Kier molecular flexibility index (Phi) is 5.34. The Labute approximate surface area is 158 Å². The molecular weight excluding hydrogens is 358 g/mol. The van der Waals surface area contributed by atoms with Gasteiger partial charge in [0.2, 0.25) is 5.88 Å². The summed E-state index contributed by atoms with van der Waals surface area (Å²) in [7, 11) is 1.32. The average Bonchev–Trinajstić information content (AvgIpc) is 2.70. The maximum atomic E-state index is 14.5. The third-order valence-electron chi connectivity index (χ3n) is 3.98. The van der Waals surface area contributed by atoms with Crippen molar-refractivity contribution in [2.24, 2.45) is 0 Å². The number of ether oxygens (including phenoxy) is 3. The van der Waals surface area contributed by atoms with E-state index in [0.717, 1.165) is 6.07 Å². The van der Waals surface area contributed by atoms with Crippen LogP contribution in [-0.2, 0) is 11.2 Å². The van der Waals surface area contributed by atoms with Crippen molar-refractivity contribution in [1.29, 1.82) is 0 Å². The Morgan fingerprint density at radius 3 is 2.93 bits per heavy atom. The van der Waals surface area contributed by atoms with Crippen LogP contribution in [0.4, 0.5) is 8.78 Å². The Bertz CT molecular complexity index is 893. The minimum atomic E-state index is -2.64. The molecule has 6 nitrogen and oxygen atoms in total. The Morgan fingerprint density at radius 1 is 1.41 bits per heavy atom. The number of amides is 1. The van der Waals surface area contributed by atoms with Crippen molar-refractivity contribution in [3.05, 3.63) is 53.2 Å². The van der Waals surface area contributed by atoms with Crippen molar-refractivity contribution < 1.29 is 30.5 Å². The lowest BCUT2D eigenvalue weighted by molar-refractivity contribution is 0.0235. The fourth-order valence-electron chi connectivity index (χ4n) is 2.65. The van der Waals surface area contributed by atoms with Crippen LogP contribution < -0.4 is 14.8 Å². The standard InChI is InChI=1S/C19H20F2N2O4/c1-25-19-15(3-2-6-22-19)18(24)23-11-12-9-13(20)10-16(21)17(12)27-14-4-7-26-8-5-14/h2-3,6,9-10,14H,4-5,7-8,11H2,1H3,(H,23,24)/i11D2. The molecule has 2 heterocycles. The molecule has 0 spiro atoms. The van der Waals surface area contributed by atoms with Gasteiger partial charge in [0.25, 0.3) is 5.91 Å². The molecule has 1 fully saturated rings. The van der Waals surface area contributed by atoms with Crippen LogP contribution in [0.15, 0.2) is 30.5 Å². The zero-order chi connectivity index (χ0) is 21.0. The third-order valence-corrected chi connectivity index (χ3v) is 3.98. The lowest BCUT2D eigenvalue weighted by Crippen LogP contribution is -2.28. The molecule has 27 heavy (non-hydrogen) atoms. The number of hydrogen-bond donors (Lipinski definition) is 1. The largest absolute Gasteiger partial charge is 0.487 e. The van der Waals surface area contributed by atoms with Gasteiger partial charge in [-0.3, -0.25) is 4.79 Å². The average molecular weight is 380 g/mol. The third kappa shape index (κ3) is 4.71. The van der Waals surface area contributed by atoms with Gasteiger partial charge in [-0.15, -0.1) is 0 Å². The molecule has 1 aromatic heterocycles. The SMILES string of the molecule is [2H]C([2H])(NC(=O)c1cccnc1OC)c1cc(F)cc(F)c1OC1CCOCC1. The van der Waals surface area contributed by atoms with Gasteiger partial charge in [-0.2, -0.15) is 0 Å². The molecule has 1 N–H and O–H groups in total.